The maximum absolute atomic E-state index is 14.0. The molecule has 0 amide bonds. The van der Waals surface area contributed by atoms with Crippen LogP contribution in [0, 0.1) is 24.4 Å². The molecule has 0 aliphatic heterocycles. The van der Waals surface area contributed by atoms with Crippen molar-refractivity contribution in [2.24, 2.45) is 0 Å². The zero-order chi connectivity index (χ0) is 13.8. The van der Waals surface area contributed by atoms with E-state index in [0.717, 1.165) is 0 Å². The Kier molecular flexibility index (Phi) is 3.51. The summed E-state index contributed by atoms with van der Waals surface area (Å²) in [4.78, 5) is 0. The van der Waals surface area contributed by atoms with Crippen LogP contribution < -0.4 is 21.5 Å². The first-order chi connectivity index (χ1) is 8.29. The van der Waals surface area contributed by atoms with Crippen LogP contribution in [-0.2, 0) is 0 Å². The van der Waals surface area contributed by atoms with Crippen LogP contribution in [0.1, 0.15) is 5.56 Å². The van der Waals surface area contributed by atoms with Gasteiger partial charge in [0.25, 0.3) is 0 Å². The highest BCUT2D eigenvalue weighted by atomic mass is 31.0. The molecule has 0 nitrogen and oxygen atoms in total. The molecule has 0 spiro atoms. The molecule has 0 bridgehead atoms. The summed E-state index contributed by atoms with van der Waals surface area (Å²) in [6.07, 6.45) is 0. The van der Waals surface area contributed by atoms with E-state index in [1.165, 1.54) is 7.85 Å². The Balaban J connectivity index is 3.22. The van der Waals surface area contributed by atoms with Gasteiger partial charge in [-0.25, -0.2) is 13.2 Å². The van der Waals surface area contributed by atoms with E-state index in [0.29, 0.717) is 21.8 Å². The monoisotopic (exact) mass is 284 g/mol. The van der Waals surface area contributed by atoms with Crippen molar-refractivity contribution in [3.63, 3.8) is 0 Å². The topological polar surface area (TPSA) is 0 Å². The van der Waals surface area contributed by atoms with Gasteiger partial charge in [0, 0.05) is 16.0 Å². The molecule has 2 atom stereocenters. The number of rotatable bonds is 0. The quantitative estimate of drug-likeness (QED) is 0.434. The number of hydrogen-bond acceptors (Lipinski definition) is 0. The van der Waals surface area contributed by atoms with Crippen molar-refractivity contribution in [3.8, 4) is 0 Å². The molecule has 0 aliphatic carbocycles. The van der Waals surface area contributed by atoms with Crippen LogP contribution in [0.3, 0.4) is 0 Å². The summed E-state index contributed by atoms with van der Waals surface area (Å²) in [6, 6.07) is 0. The van der Waals surface area contributed by atoms with Crippen molar-refractivity contribution >= 4 is 66.5 Å². The van der Waals surface area contributed by atoms with Gasteiger partial charge < -0.3 is 0 Å². The van der Waals surface area contributed by atoms with Crippen LogP contribution in [0.25, 0.3) is 10.8 Å². The molecule has 0 heterocycles. The van der Waals surface area contributed by atoms with E-state index in [9.17, 15) is 13.2 Å². The maximum atomic E-state index is 14.0. The van der Waals surface area contributed by atoms with Gasteiger partial charge in [0.05, 0.1) is 0 Å². The lowest BCUT2D eigenvalue weighted by molar-refractivity contribution is 0.522. The van der Waals surface area contributed by atoms with E-state index in [1.807, 2.05) is 0 Å². The molecule has 0 saturated carbocycles. The van der Waals surface area contributed by atoms with E-state index in [-0.39, 0.29) is 21.9 Å². The second kappa shape index (κ2) is 4.54. The summed E-state index contributed by atoms with van der Waals surface area (Å²) in [7, 11) is 7.67. The number of halogens is 3. The summed E-state index contributed by atoms with van der Waals surface area (Å²) in [5, 5.41) is 1.35. The molecule has 2 unspecified atom stereocenters. The third-order valence-corrected chi connectivity index (χ3v) is 4.51. The first-order valence-corrected chi connectivity index (χ1v) is 6.55. The van der Waals surface area contributed by atoms with Crippen molar-refractivity contribution in [1.29, 1.82) is 0 Å². The molecular formula is C11H11B2F3P2. The van der Waals surface area contributed by atoms with Crippen LogP contribution in [-0.4, -0.2) is 15.7 Å². The van der Waals surface area contributed by atoms with E-state index in [4.69, 9.17) is 0 Å². The van der Waals surface area contributed by atoms with E-state index in [1.54, 1.807) is 14.8 Å². The standard InChI is InChI=1S/C11H11B2F3P2/c1-2-5(12)3-4(10(17)7(2)14)11(18)9(16)8(15)6(3)13/h12-13,17-18H2,1H3. The first-order valence-electron chi connectivity index (χ1n) is 5.39. The van der Waals surface area contributed by atoms with Gasteiger partial charge in [-0.2, -0.15) is 0 Å². The Hall–Kier alpha value is -0.520. The SMILES string of the molecule is Bc1c(C)c(F)c(P)c2c(P)c(F)c(F)c(B)c12. The second-order valence-electron chi connectivity index (χ2n) is 4.39. The maximum Gasteiger partial charge on any atom is 0.166 e. The molecule has 2 aromatic carbocycles. The molecule has 7 heteroatoms. The first kappa shape index (κ1) is 13.9. The minimum Gasteiger partial charge on any atom is -0.206 e. The Morgan fingerprint density at radius 2 is 1.28 bits per heavy atom. The van der Waals surface area contributed by atoms with Crippen molar-refractivity contribution in [1.82, 2.24) is 0 Å². The lowest BCUT2D eigenvalue weighted by atomic mass is 9.78. The Morgan fingerprint density at radius 3 is 1.83 bits per heavy atom. The molecule has 2 rings (SSSR count). The molecule has 92 valence electrons. The molecule has 18 heavy (non-hydrogen) atoms. The van der Waals surface area contributed by atoms with Gasteiger partial charge in [-0.3, -0.25) is 0 Å². The second-order valence-corrected chi connectivity index (χ2v) is 5.55. The van der Waals surface area contributed by atoms with Crippen LogP contribution in [0.5, 0.6) is 0 Å². The van der Waals surface area contributed by atoms with Gasteiger partial charge in [0.15, 0.2) is 11.6 Å². The molecule has 0 aromatic heterocycles. The van der Waals surface area contributed by atoms with E-state index < -0.39 is 11.6 Å². The van der Waals surface area contributed by atoms with Crippen LogP contribution in [0.4, 0.5) is 13.2 Å². The highest BCUT2D eigenvalue weighted by Gasteiger charge is 2.21. The third-order valence-electron chi connectivity index (χ3n) is 3.43. The minimum absolute atomic E-state index is 0.0695. The van der Waals surface area contributed by atoms with Crippen molar-refractivity contribution in [3.05, 3.63) is 23.0 Å². The number of fused-ring (bicyclic) bond motifs is 1. The van der Waals surface area contributed by atoms with Gasteiger partial charge >= 0.3 is 0 Å². The van der Waals surface area contributed by atoms with Crippen molar-refractivity contribution < 1.29 is 13.2 Å². The molecule has 0 fully saturated rings. The molecule has 0 radical (unpaired) electrons. The summed E-state index contributed by atoms with van der Waals surface area (Å²) >= 11 is 0. The van der Waals surface area contributed by atoms with Gasteiger partial charge in [-0.05, 0) is 23.3 Å². The average molecular weight is 284 g/mol. The zero-order valence-electron chi connectivity index (χ0n) is 10.3. The Bertz CT molecular complexity index is 573. The lowest BCUT2D eigenvalue weighted by Gasteiger charge is -2.17. The Morgan fingerprint density at radius 1 is 0.778 bits per heavy atom. The van der Waals surface area contributed by atoms with Crippen LogP contribution in [0.2, 0.25) is 0 Å². The minimum atomic E-state index is -0.934. The lowest BCUT2D eigenvalue weighted by Crippen LogP contribution is -2.30. The Labute approximate surface area is 110 Å². The smallest absolute Gasteiger partial charge is 0.166 e. The number of benzene rings is 2. The molecule has 0 saturated heterocycles. The van der Waals surface area contributed by atoms with Gasteiger partial charge in [-0.1, -0.05) is 5.46 Å². The molecule has 0 aliphatic rings. The molecule has 0 N–H and O–H groups in total. The highest BCUT2D eigenvalue weighted by Crippen LogP contribution is 2.19. The highest BCUT2D eigenvalue weighted by molar-refractivity contribution is 7.31. The van der Waals surface area contributed by atoms with E-state index in [2.05, 4.69) is 18.5 Å². The third kappa shape index (κ3) is 1.72. The average Bonchev–Trinajstić information content (AvgIpc) is 2.35. The van der Waals surface area contributed by atoms with E-state index >= 15 is 0 Å². The van der Waals surface area contributed by atoms with Crippen LogP contribution in [0.15, 0.2) is 0 Å². The van der Waals surface area contributed by atoms with Gasteiger partial charge in [-0.15, -0.1) is 18.5 Å². The van der Waals surface area contributed by atoms with Crippen LogP contribution >= 0.6 is 18.5 Å². The zero-order valence-corrected chi connectivity index (χ0v) is 12.6. The van der Waals surface area contributed by atoms with Gasteiger partial charge in [0.1, 0.15) is 21.5 Å². The summed E-state index contributed by atoms with van der Waals surface area (Å²) in [5.74, 6) is -2.19. The summed E-state index contributed by atoms with van der Waals surface area (Å²) in [5.41, 5.74) is 1.33. The fourth-order valence-electron chi connectivity index (χ4n) is 2.24. The fraction of sp³-hybridized carbons (Fsp3) is 0.0909. The predicted molar refractivity (Wildman–Crippen MR) is 83.6 cm³/mol. The largest absolute Gasteiger partial charge is 0.206 e. The summed E-state index contributed by atoms with van der Waals surface area (Å²) < 4.78 is 41.5. The van der Waals surface area contributed by atoms with Gasteiger partial charge in [0.2, 0.25) is 0 Å². The molecule has 2 aromatic rings. The predicted octanol–water partition coefficient (Wildman–Crippen LogP) is -0.917. The fourth-order valence-corrected chi connectivity index (χ4v) is 3.35. The molecular weight excluding hydrogens is 273 g/mol. The van der Waals surface area contributed by atoms with Crippen molar-refractivity contribution in [2.75, 3.05) is 0 Å². The normalized spacial score (nSPS) is 11.2. The summed E-state index contributed by atoms with van der Waals surface area (Å²) in [6.45, 7) is 1.64. The number of hydrogen-bond donors (Lipinski definition) is 0. The van der Waals surface area contributed by atoms with Crippen molar-refractivity contribution in [2.45, 2.75) is 6.92 Å².